The van der Waals surface area contributed by atoms with Crippen LogP contribution in [0.1, 0.15) is 11.3 Å². The summed E-state index contributed by atoms with van der Waals surface area (Å²) in [7, 11) is 1.61. The summed E-state index contributed by atoms with van der Waals surface area (Å²) in [4.78, 5) is 0. The lowest BCUT2D eigenvalue weighted by Crippen LogP contribution is -2.30. The van der Waals surface area contributed by atoms with Crippen molar-refractivity contribution in [2.24, 2.45) is 0 Å². The Morgan fingerprint density at radius 3 is 3.00 bits per heavy atom. The van der Waals surface area contributed by atoms with Crippen LogP contribution in [-0.4, -0.2) is 7.11 Å². The lowest BCUT2D eigenvalue weighted by atomic mass is 10.2. The maximum absolute atomic E-state index is 11.0. The van der Waals surface area contributed by atoms with Gasteiger partial charge >= 0.3 is 0 Å². The molecule has 0 spiro atoms. The van der Waals surface area contributed by atoms with E-state index in [4.69, 9.17) is 4.74 Å². The van der Waals surface area contributed by atoms with Crippen molar-refractivity contribution in [3.8, 4) is 0 Å². The Morgan fingerprint density at radius 1 is 1.64 bits per heavy atom. The number of hydrogen-bond acceptors (Lipinski definition) is 2. The Kier molecular flexibility index (Phi) is 2.44. The molecule has 0 fully saturated rings. The lowest BCUT2D eigenvalue weighted by molar-refractivity contribution is -0.612. The molecule has 3 heteroatoms. The van der Waals surface area contributed by atoms with E-state index in [1.54, 1.807) is 20.1 Å². The third-order valence-corrected chi connectivity index (χ3v) is 1.61. The minimum Gasteiger partial charge on any atom is -0.619 e. The molecule has 0 aromatic carbocycles. The molecule has 0 radical (unpaired) electrons. The molecular formula is C8H11NO2. The number of aromatic nitrogens is 1. The molecule has 1 rings (SSSR count). The van der Waals surface area contributed by atoms with Crippen LogP contribution in [0, 0.1) is 12.1 Å². The van der Waals surface area contributed by atoms with E-state index in [0.29, 0.717) is 12.3 Å². The predicted octanol–water partition coefficient (Wildman–Crippen LogP) is 0.775. The van der Waals surface area contributed by atoms with Crippen molar-refractivity contribution in [2.45, 2.75) is 13.5 Å². The Labute approximate surface area is 65.8 Å². The van der Waals surface area contributed by atoms with Crippen LogP contribution in [0.15, 0.2) is 18.3 Å². The van der Waals surface area contributed by atoms with E-state index >= 15 is 0 Å². The smallest absolute Gasteiger partial charge is 0.195 e. The lowest BCUT2D eigenvalue weighted by Gasteiger charge is -2.04. The third-order valence-electron chi connectivity index (χ3n) is 1.61. The molecule has 1 aromatic rings. The fraction of sp³-hybridized carbons (Fsp3) is 0.375. The summed E-state index contributed by atoms with van der Waals surface area (Å²) in [5, 5.41) is 11.0. The van der Waals surface area contributed by atoms with Crippen molar-refractivity contribution in [3.63, 3.8) is 0 Å². The minimum absolute atomic E-state index is 0.495. The zero-order valence-corrected chi connectivity index (χ0v) is 6.70. The molecule has 3 nitrogen and oxygen atoms in total. The van der Waals surface area contributed by atoms with Gasteiger partial charge < -0.3 is 9.94 Å². The summed E-state index contributed by atoms with van der Waals surface area (Å²) in [6.07, 6.45) is 1.48. The van der Waals surface area contributed by atoms with Gasteiger partial charge in [-0.3, -0.25) is 0 Å². The van der Waals surface area contributed by atoms with E-state index in [1.165, 1.54) is 6.20 Å². The van der Waals surface area contributed by atoms with Crippen LogP contribution >= 0.6 is 0 Å². The fourth-order valence-corrected chi connectivity index (χ4v) is 0.919. The van der Waals surface area contributed by atoms with Crippen LogP contribution in [0.4, 0.5) is 0 Å². The van der Waals surface area contributed by atoms with Gasteiger partial charge in [-0.1, -0.05) is 0 Å². The number of nitrogens with zero attached hydrogens (tertiary/aromatic N) is 1. The van der Waals surface area contributed by atoms with Crippen molar-refractivity contribution in [1.29, 1.82) is 0 Å². The largest absolute Gasteiger partial charge is 0.619 e. The van der Waals surface area contributed by atoms with E-state index in [1.807, 2.05) is 6.07 Å². The Morgan fingerprint density at radius 2 is 2.36 bits per heavy atom. The molecule has 0 aliphatic rings. The first-order valence-electron chi connectivity index (χ1n) is 3.42. The maximum atomic E-state index is 11.0. The summed E-state index contributed by atoms with van der Waals surface area (Å²) in [6.45, 7) is 2.27. The average molecular weight is 153 g/mol. The standard InChI is InChI=1S/C8H11NO2/c1-7-8(6-11-2)4-3-5-9(7)10/h3-5H,6H2,1-2H3. The van der Waals surface area contributed by atoms with Gasteiger partial charge in [-0.15, -0.1) is 0 Å². The summed E-state index contributed by atoms with van der Waals surface area (Å²) in [6, 6.07) is 3.60. The SMILES string of the molecule is COCc1ccc[n+]([O-])c1C. The monoisotopic (exact) mass is 153 g/mol. The van der Waals surface area contributed by atoms with E-state index in [9.17, 15) is 5.21 Å². The summed E-state index contributed by atoms with van der Waals surface area (Å²) in [5.41, 5.74) is 1.64. The Bertz CT molecular complexity index is 248. The number of pyridine rings is 1. The molecule has 0 aliphatic carbocycles. The molecule has 60 valence electrons. The highest BCUT2D eigenvalue weighted by Crippen LogP contribution is 2.02. The second-order valence-corrected chi connectivity index (χ2v) is 2.38. The zero-order chi connectivity index (χ0) is 8.27. The van der Waals surface area contributed by atoms with E-state index in [0.717, 1.165) is 10.3 Å². The van der Waals surface area contributed by atoms with Gasteiger partial charge in [0.05, 0.1) is 6.61 Å². The van der Waals surface area contributed by atoms with Gasteiger partial charge in [0.1, 0.15) is 0 Å². The van der Waals surface area contributed by atoms with Crippen LogP contribution in [0.3, 0.4) is 0 Å². The maximum Gasteiger partial charge on any atom is 0.195 e. The minimum atomic E-state index is 0.495. The number of hydrogen-bond donors (Lipinski definition) is 0. The van der Waals surface area contributed by atoms with Crippen LogP contribution in [0.2, 0.25) is 0 Å². The molecular weight excluding hydrogens is 142 g/mol. The molecule has 0 aliphatic heterocycles. The van der Waals surface area contributed by atoms with Crippen LogP contribution in [-0.2, 0) is 11.3 Å². The quantitative estimate of drug-likeness (QED) is 0.465. The average Bonchev–Trinajstić information content (AvgIpc) is 1.99. The van der Waals surface area contributed by atoms with Crippen LogP contribution in [0.5, 0.6) is 0 Å². The van der Waals surface area contributed by atoms with Gasteiger partial charge in [-0.2, -0.15) is 4.73 Å². The highest BCUT2D eigenvalue weighted by molar-refractivity contribution is 5.12. The van der Waals surface area contributed by atoms with Gasteiger partial charge in [-0.25, -0.2) is 0 Å². The van der Waals surface area contributed by atoms with Gasteiger partial charge in [0.25, 0.3) is 0 Å². The fourth-order valence-electron chi connectivity index (χ4n) is 0.919. The van der Waals surface area contributed by atoms with Gasteiger partial charge in [0.2, 0.25) is 0 Å². The topological polar surface area (TPSA) is 36.2 Å². The van der Waals surface area contributed by atoms with E-state index < -0.39 is 0 Å². The summed E-state index contributed by atoms with van der Waals surface area (Å²) in [5.74, 6) is 0. The molecule has 0 bridgehead atoms. The van der Waals surface area contributed by atoms with E-state index in [2.05, 4.69) is 0 Å². The summed E-state index contributed by atoms with van der Waals surface area (Å²) >= 11 is 0. The number of rotatable bonds is 2. The first-order chi connectivity index (χ1) is 5.25. The number of ether oxygens (including phenoxy) is 1. The first kappa shape index (κ1) is 8.01. The molecule has 0 atom stereocenters. The highest BCUT2D eigenvalue weighted by Gasteiger charge is 2.04. The van der Waals surface area contributed by atoms with Gasteiger partial charge in [-0.05, 0) is 6.07 Å². The van der Waals surface area contributed by atoms with Crippen molar-refractivity contribution in [2.75, 3.05) is 7.11 Å². The second-order valence-electron chi connectivity index (χ2n) is 2.38. The highest BCUT2D eigenvalue weighted by atomic mass is 16.5. The van der Waals surface area contributed by atoms with Crippen molar-refractivity contribution in [1.82, 2.24) is 0 Å². The van der Waals surface area contributed by atoms with Crippen molar-refractivity contribution in [3.05, 3.63) is 34.8 Å². The van der Waals surface area contributed by atoms with Crippen LogP contribution in [0.25, 0.3) is 0 Å². The Balaban J connectivity index is 2.96. The summed E-state index contributed by atoms with van der Waals surface area (Å²) < 4.78 is 5.75. The third kappa shape index (κ3) is 1.68. The van der Waals surface area contributed by atoms with Gasteiger partial charge in [0.15, 0.2) is 11.9 Å². The molecule has 1 aromatic heterocycles. The molecule has 0 saturated heterocycles. The first-order valence-corrected chi connectivity index (χ1v) is 3.42. The molecule has 0 unspecified atom stereocenters. The number of methoxy groups -OCH3 is 1. The molecule has 0 N–H and O–H groups in total. The van der Waals surface area contributed by atoms with Gasteiger partial charge in [0, 0.05) is 25.7 Å². The van der Waals surface area contributed by atoms with Crippen LogP contribution < -0.4 is 4.73 Å². The zero-order valence-electron chi connectivity index (χ0n) is 6.70. The Hall–Kier alpha value is -1.09. The van der Waals surface area contributed by atoms with E-state index in [-0.39, 0.29) is 0 Å². The van der Waals surface area contributed by atoms with Crippen molar-refractivity contribution < 1.29 is 9.47 Å². The molecule has 0 amide bonds. The molecule has 11 heavy (non-hydrogen) atoms. The molecule has 1 heterocycles. The molecule has 0 saturated carbocycles. The normalized spacial score (nSPS) is 10.0. The van der Waals surface area contributed by atoms with Crippen molar-refractivity contribution >= 4 is 0 Å². The predicted molar refractivity (Wildman–Crippen MR) is 40.9 cm³/mol. The second kappa shape index (κ2) is 3.34.